The molecule has 0 saturated carbocycles. The van der Waals surface area contributed by atoms with Crippen molar-refractivity contribution >= 4 is 55.8 Å². The second-order valence-corrected chi connectivity index (χ2v) is 9.83. The van der Waals surface area contributed by atoms with Gasteiger partial charge >= 0.3 is 11.9 Å². The van der Waals surface area contributed by atoms with E-state index < -0.39 is 23.7 Å². The third-order valence-electron chi connectivity index (χ3n) is 5.64. The number of carbonyl (C=O) groups is 3. The molecule has 0 spiro atoms. The Balaban J connectivity index is 1.97. The van der Waals surface area contributed by atoms with Crippen LogP contribution in [0.15, 0.2) is 52.5 Å². The molecule has 4 rings (SSSR count). The Morgan fingerprint density at radius 1 is 1.12 bits per heavy atom. The lowest BCUT2D eigenvalue weighted by atomic mass is 9.93. The van der Waals surface area contributed by atoms with E-state index in [0.29, 0.717) is 16.8 Å². The molecule has 0 bridgehead atoms. The van der Waals surface area contributed by atoms with E-state index in [4.69, 9.17) is 4.74 Å². The van der Waals surface area contributed by atoms with Crippen molar-refractivity contribution in [2.24, 2.45) is 0 Å². The summed E-state index contributed by atoms with van der Waals surface area (Å²) in [7, 11) is 1.26. The summed E-state index contributed by atoms with van der Waals surface area (Å²) in [5.74, 6) is -2.48. The number of nitrogens with zero attached hydrogens (tertiary/aromatic N) is 2. The van der Waals surface area contributed by atoms with E-state index in [2.05, 4.69) is 20.9 Å². The zero-order valence-electron chi connectivity index (χ0n) is 18.9. The van der Waals surface area contributed by atoms with Gasteiger partial charge in [-0.3, -0.25) is 14.5 Å². The quantitative estimate of drug-likeness (QED) is 0.210. The number of ether oxygens (including phenoxy) is 1. The number of ketones is 1. The van der Waals surface area contributed by atoms with Crippen LogP contribution < -0.4 is 4.90 Å². The number of carbonyl (C=O) groups excluding carboxylic acids is 3. The highest BCUT2D eigenvalue weighted by atomic mass is 79.9. The van der Waals surface area contributed by atoms with Gasteiger partial charge in [-0.15, -0.1) is 0 Å². The molecule has 2 aromatic carbocycles. The first-order valence-corrected chi connectivity index (χ1v) is 11.9. The largest absolute Gasteiger partial charge is 0.507 e. The number of rotatable bonds is 4. The predicted octanol–water partition coefficient (Wildman–Crippen LogP) is 5.24. The molecule has 1 unspecified atom stereocenters. The van der Waals surface area contributed by atoms with Crippen molar-refractivity contribution in [2.45, 2.75) is 26.8 Å². The van der Waals surface area contributed by atoms with E-state index in [0.717, 1.165) is 26.9 Å². The van der Waals surface area contributed by atoms with Gasteiger partial charge in [-0.2, -0.15) is 0 Å². The highest BCUT2D eigenvalue weighted by Gasteiger charge is 2.48. The van der Waals surface area contributed by atoms with E-state index in [1.54, 1.807) is 37.3 Å². The first-order valence-electron chi connectivity index (χ1n) is 10.3. The second kappa shape index (κ2) is 9.15. The Bertz CT molecular complexity index is 1360. The zero-order valence-corrected chi connectivity index (χ0v) is 21.3. The van der Waals surface area contributed by atoms with Gasteiger partial charge in [0.1, 0.15) is 10.6 Å². The number of methoxy groups -OCH3 is 1. The van der Waals surface area contributed by atoms with Crippen LogP contribution in [-0.2, 0) is 14.3 Å². The number of aryl methyl sites for hydroxylation is 3. The molecule has 1 aromatic heterocycles. The van der Waals surface area contributed by atoms with Crippen molar-refractivity contribution in [2.75, 3.05) is 12.0 Å². The fourth-order valence-corrected chi connectivity index (χ4v) is 5.17. The summed E-state index contributed by atoms with van der Waals surface area (Å²) in [5.41, 5.74) is 3.11. The summed E-state index contributed by atoms with van der Waals surface area (Å²) in [6, 6.07) is 11.7. The van der Waals surface area contributed by atoms with E-state index in [9.17, 15) is 19.5 Å². The molecular weight excluding hydrogens is 520 g/mol. The van der Waals surface area contributed by atoms with E-state index in [1.165, 1.54) is 12.0 Å². The topological polar surface area (TPSA) is 96.8 Å². The first-order chi connectivity index (χ1) is 16.1. The van der Waals surface area contributed by atoms with Gasteiger partial charge < -0.3 is 9.84 Å². The number of aliphatic hydroxyl groups excluding tert-OH is 1. The fourth-order valence-electron chi connectivity index (χ4n) is 3.89. The summed E-state index contributed by atoms with van der Waals surface area (Å²) in [6.07, 6.45) is 0. The van der Waals surface area contributed by atoms with Gasteiger partial charge in [0.25, 0.3) is 5.78 Å². The average molecular weight is 541 g/mol. The minimum atomic E-state index is -0.927. The number of anilines is 1. The van der Waals surface area contributed by atoms with Gasteiger partial charge in [-0.25, -0.2) is 9.78 Å². The molecule has 1 aliphatic heterocycles. The van der Waals surface area contributed by atoms with Gasteiger partial charge in [-0.1, -0.05) is 57.1 Å². The maximum atomic E-state index is 13.3. The summed E-state index contributed by atoms with van der Waals surface area (Å²) >= 11 is 4.37. The molecule has 1 fully saturated rings. The summed E-state index contributed by atoms with van der Waals surface area (Å²) in [4.78, 5) is 44.6. The molecule has 0 radical (unpaired) electrons. The summed E-state index contributed by atoms with van der Waals surface area (Å²) < 4.78 is 5.63. The van der Waals surface area contributed by atoms with Gasteiger partial charge in [0.05, 0.1) is 24.4 Å². The number of aliphatic hydroxyl groups is 1. The smallest absolute Gasteiger partial charge is 0.350 e. The Hall–Kier alpha value is -3.30. The molecule has 1 atom stereocenters. The van der Waals surface area contributed by atoms with Crippen molar-refractivity contribution < 1.29 is 24.2 Å². The van der Waals surface area contributed by atoms with Crippen LogP contribution in [0.5, 0.6) is 0 Å². The Morgan fingerprint density at radius 3 is 2.44 bits per heavy atom. The van der Waals surface area contributed by atoms with Crippen LogP contribution in [0.4, 0.5) is 5.13 Å². The number of hydrogen-bond donors (Lipinski definition) is 1. The molecule has 0 aliphatic carbocycles. The number of hydrogen-bond acceptors (Lipinski definition) is 7. The molecule has 34 heavy (non-hydrogen) atoms. The zero-order chi connectivity index (χ0) is 24.7. The minimum Gasteiger partial charge on any atom is -0.507 e. The third kappa shape index (κ3) is 4.05. The van der Waals surface area contributed by atoms with Crippen molar-refractivity contribution in [3.8, 4) is 0 Å². The van der Waals surface area contributed by atoms with Crippen LogP contribution in [0.3, 0.4) is 0 Å². The molecule has 9 heteroatoms. The van der Waals surface area contributed by atoms with Crippen LogP contribution in [0, 0.1) is 20.8 Å². The monoisotopic (exact) mass is 540 g/mol. The average Bonchev–Trinajstić information content (AvgIpc) is 3.32. The highest BCUT2D eigenvalue weighted by molar-refractivity contribution is 9.10. The molecule has 2 heterocycles. The number of aromatic nitrogens is 1. The van der Waals surface area contributed by atoms with Gasteiger partial charge in [0.2, 0.25) is 0 Å². The molecule has 3 aromatic rings. The highest BCUT2D eigenvalue weighted by Crippen LogP contribution is 2.44. The Morgan fingerprint density at radius 2 is 1.79 bits per heavy atom. The van der Waals surface area contributed by atoms with E-state index >= 15 is 0 Å². The van der Waals surface area contributed by atoms with Crippen LogP contribution in [0.1, 0.15) is 43.7 Å². The molecule has 1 saturated heterocycles. The van der Waals surface area contributed by atoms with Crippen LogP contribution in [0.25, 0.3) is 5.76 Å². The van der Waals surface area contributed by atoms with Gasteiger partial charge in [0.15, 0.2) is 5.13 Å². The van der Waals surface area contributed by atoms with E-state index in [1.807, 2.05) is 26.0 Å². The Kier molecular flexibility index (Phi) is 6.42. The number of Topliss-reactive ketones (excluding diaryl/α,β-unsaturated/α-hetero) is 1. The lowest BCUT2D eigenvalue weighted by molar-refractivity contribution is -0.132. The first kappa shape index (κ1) is 23.8. The molecular formula is C25H21BrN2O5S. The van der Waals surface area contributed by atoms with Crippen LogP contribution in [-0.4, -0.2) is 34.9 Å². The fraction of sp³-hybridized carbons (Fsp3) is 0.200. The van der Waals surface area contributed by atoms with Crippen LogP contribution in [0.2, 0.25) is 0 Å². The normalized spacial score (nSPS) is 17.3. The molecule has 174 valence electrons. The van der Waals surface area contributed by atoms with Crippen molar-refractivity contribution in [3.05, 3.63) is 85.3 Å². The van der Waals surface area contributed by atoms with Crippen molar-refractivity contribution in [3.63, 3.8) is 0 Å². The summed E-state index contributed by atoms with van der Waals surface area (Å²) in [5, 5.41) is 11.5. The third-order valence-corrected chi connectivity index (χ3v) is 7.31. The second-order valence-electron chi connectivity index (χ2n) is 7.94. The molecule has 1 amide bonds. The van der Waals surface area contributed by atoms with Gasteiger partial charge in [0, 0.05) is 10.0 Å². The lowest BCUT2D eigenvalue weighted by Crippen LogP contribution is -2.29. The minimum absolute atomic E-state index is 0.0338. The number of amides is 1. The van der Waals surface area contributed by atoms with Crippen molar-refractivity contribution in [1.82, 2.24) is 4.98 Å². The summed E-state index contributed by atoms with van der Waals surface area (Å²) in [6.45, 7) is 5.34. The number of halogens is 1. The maximum Gasteiger partial charge on any atom is 0.350 e. The SMILES string of the molecule is COC(=O)c1sc(N2C(=O)C(=O)C(=C(O)c3cc(C)ccc3C)C2c2ccc(Br)cc2)nc1C. The number of thiazole rings is 1. The maximum absolute atomic E-state index is 13.3. The van der Waals surface area contributed by atoms with Crippen LogP contribution >= 0.6 is 27.3 Å². The molecule has 1 N–H and O–H groups in total. The predicted molar refractivity (Wildman–Crippen MR) is 133 cm³/mol. The molecule has 7 nitrogen and oxygen atoms in total. The van der Waals surface area contributed by atoms with Crippen molar-refractivity contribution in [1.29, 1.82) is 0 Å². The van der Waals surface area contributed by atoms with Gasteiger partial charge in [-0.05, 0) is 50.1 Å². The Labute approximate surface area is 208 Å². The standard InChI is InChI=1S/C25H21BrN2O5S/c1-12-5-6-13(2)17(11-12)20(29)18-19(15-7-9-16(26)10-8-15)28(23(31)21(18)30)25-27-14(3)22(34-25)24(32)33-4/h5-11,19,29H,1-4H3. The number of benzene rings is 2. The molecule has 1 aliphatic rings. The number of esters is 1. The van der Waals surface area contributed by atoms with E-state index in [-0.39, 0.29) is 21.3 Å². The lowest BCUT2D eigenvalue weighted by Gasteiger charge is -2.23.